The average Bonchev–Trinajstić information content (AvgIpc) is 2.96. The molecule has 8 heteroatoms. The molecule has 0 aromatic heterocycles. The highest BCUT2D eigenvalue weighted by molar-refractivity contribution is 6.31. The van der Waals surface area contributed by atoms with E-state index in [-0.39, 0.29) is 18.7 Å². The molecule has 27 heavy (non-hydrogen) atoms. The normalized spacial score (nSPS) is 19.4. The van der Waals surface area contributed by atoms with E-state index in [1.54, 1.807) is 18.2 Å². The fourth-order valence-corrected chi connectivity index (χ4v) is 3.06. The van der Waals surface area contributed by atoms with Crippen LogP contribution in [-0.4, -0.2) is 35.6 Å². The van der Waals surface area contributed by atoms with Gasteiger partial charge in [-0.3, -0.25) is 0 Å². The van der Waals surface area contributed by atoms with Crippen molar-refractivity contribution in [2.75, 3.05) is 7.11 Å². The number of benzene rings is 2. The smallest absolute Gasteiger partial charge is 0.428 e. The lowest BCUT2D eigenvalue weighted by atomic mass is 9.99. The van der Waals surface area contributed by atoms with Crippen LogP contribution in [0.4, 0.5) is 4.79 Å². The molecule has 1 aliphatic carbocycles. The van der Waals surface area contributed by atoms with E-state index in [0.717, 1.165) is 12.7 Å². The lowest BCUT2D eigenvalue weighted by Crippen LogP contribution is -2.46. The molecule has 7 nitrogen and oxygen atoms in total. The molecule has 0 bridgehead atoms. The average molecular weight is 389 g/mol. The second-order valence-electron chi connectivity index (χ2n) is 5.96. The molecule has 3 rings (SSSR count). The summed E-state index contributed by atoms with van der Waals surface area (Å²) in [7, 11) is 1.16. The first-order chi connectivity index (χ1) is 12.9. The van der Waals surface area contributed by atoms with Crippen molar-refractivity contribution in [3.8, 4) is 0 Å². The molecule has 0 heterocycles. The van der Waals surface area contributed by atoms with Crippen LogP contribution in [0.1, 0.15) is 16.7 Å². The Hall–Kier alpha value is -2.90. The van der Waals surface area contributed by atoms with Crippen LogP contribution in [0.5, 0.6) is 0 Å². The molecule has 0 saturated heterocycles. The van der Waals surface area contributed by atoms with Crippen molar-refractivity contribution in [3.05, 3.63) is 70.2 Å². The van der Waals surface area contributed by atoms with Gasteiger partial charge in [-0.05, 0) is 23.3 Å². The van der Waals surface area contributed by atoms with Gasteiger partial charge in [-0.2, -0.15) is 5.10 Å². The summed E-state index contributed by atoms with van der Waals surface area (Å²) in [6.07, 6.45) is -0.879. The van der Waals surface area contributed by atoms with E-state index in [0.29, 0.717) is 16.1 Å². The summed E-state index contributed by atoms with van der Waals surface area (Å²) < 4.78 is 9.77. The van der Waals surface area contributed by atoms with Gasteiger partial charge in [0.25, 0.3) is 0 Å². The predicted octanol–water partition coefficient (Wildman–Crippen LogP) is 2.43. The summed E-state index contributed by atoms with van der Waals surface area (Å²) in [6.45, 7) is 0.0605. The lowest BCUT2D eigenvalue weighted by molar-refractivity contribution is -0.154. The SMILES string of the molecule is COC(=O)[C@]1(O)Cc2cc(Cl)ccc2/C1=N/NC(=O)OCc1ccccc1. The van der Waals surface area contributed by atoms with Crippen molar-refractivity contribution in [1.82, 2.24) is 5.43 Å². The number of halogens is 1. The van der Waals surface area contributed by atoms with E-state index in [1.165, 1.54) is 0 Å². The van der Waals surface area contributed by atoms with Gasteiger partial charge >= 0.3 is 12.1 Å². The van der Waals surface area contributed by atoms with E-state index < -0.39 is 17.7 Å². The van der Waals surface area contributed by atoms with E-state index in [9.17, 15) is 14.7 Å². The van der Waals surface area contributed by atoms with Gasteiger partial charge in [-0.25, -0.2) is 15.0 Å². The molecule has 0 spiro atoms. The second kappa shape index (κ2) is 7.77. The Kier molecular flexibility index (Phi) is 5.43. The van der Waals surface area contributed by atoms with Gasteiger partial charge in [0.1, 0.15) is 12.3 Å². The molecule has 0 radical (unpaired) electrons. The summed E-state index contributed by atoms with van der Waals surface area (Å²) >= 11 is 5.98. The molecule has 1 aliphatic rings. The summed E-state index contributed by atoms with van der Waals surface area (Å²) in [5.74, 6) is -0.881. The fraction of sp³-hybridized carbons (Fsp3) is 0.211. The molecule has 2 aromatic carbocycles. The lowest BCUT2D eigenvalue weighted by Gasteiger charge is -2.20. The van der Waals surface area contributed by atoms with Gasteiger partial charge < -0.3 is 14.6 Å². The Bertz CT molecular complexity index is 900. The number of hydrazone groups is 1. The third kappa shape index (κ3) is 3.94. The predicted molar refractivity (Wildman–Crippen MR) is 98.4 cm³/mol. The maximum absolute atomic E-state index is 12.1. The molecular formula is C19H17ClN2O5. The number of rotatable bonds is 4. The summed E-state index contributed by atoms with van der Waals surface area (Å²) in [5.41, 5.74) is 2.09. The van der Waals surface area contributed by atoms with Crippen molar-refractivity contribution in [1.29, 1.82) is 0 Å². The zero-order chi connectivity index (χ0) is 19.4. The van der Waals surface area contributed by atoms with Crippen molar-refractivity contribution in [3.63, 3.8) is 0 Å². The Morgan fingerprint density at radius 1 is 1.26 bits per heavy atom. The zero-order valence-electron chi connectivity index (χ0n) is 14.4. The summed E-state index contributed by atoms with van der Waals surface area (Å²) in [6, 6.07) is 14.0. The van der Waals surface area contributed by atoms with Crippen LogP contribution in [0.15, 0.2) is 53.6 Å². The molecule has 140 valence electrons. The molecule has 1 atom stereocenters. The Morgan fingerprint density at radius 2 is 2.00 bits per heavy atom. The molecule has 2 N–H and O–H groups in total. The molecule has 1 amide bonds. The Balaban J connectivity index is 1.79. The highest BCUT2D eigenvalue weighted by Gasteiger charge is 2.49. The number of ether oxygens (including phenoxy) is 2. The van der Waals surface area contributed by atoms with E-state index in [4.69, 9.17) is 21.1 Å². The van der Waals surface area contributed by atoms with Crippen LogP contribution >= 0.6 is 11.6 Å². The van der Waals surface area contributed by atoms with Crippen molar-refractivity contribution >= 4 is 29.4 Å². The second-order valence-corrected chi connectivity index (χ2v) is 6.40. The number of carbonyl (C=O) groups excluding carboxylic acids is 2. The van der Waals surface area contributed by atoms with Gasteiger partial charge in [-0.1, -0.05) is 48.0 Å². The van der Waals surface area contributed by atoms with Crippen molar-refractivity contribution in [2.24, 2.45) is 5.10 Å². The first-order valence-corrected chi connectivity index (χ1v) is 8.46. The van der Waals surface area contributed by atoms with Crippen LogP contribution in [0.2, 0.25) is 5.02 Å². The van der Waals surface area contributed by atoms with Gasteiger partial charge in [0.05, 0.1) is 7.11 Å². The van der Waals surface area contributed by atoms with Crippen LogP contribution < -0.4 is 5.43 Å². The number of aliphatic hydroxyl groups is 1. The van der Waals surface area contributed by atoms with E-state index in [1.807, 2.05) is 30.3 Å². The van der Waals surface area contributed by atoms with E-state index >= 15 is 0 Å². The van der Waals surface area contributed by atoms with Gasteiger partial charge in [-0.15, -0.1) is 0 Å². The van der Waals surface area contributed by atoms with Crippen LogP contribution in [0.3, 0.4) is 0 Å². The van der Waals surface area contributed by atoms with Gasteiger partial charge in [0.15, 0.2) is 0 Å². The summed E-state index contributed by atoms with van der Waals surface area (Å²) in [5, 5.41) is 15.2. The van der Waals surface area contributed by atoms with Crippen molar-refractivity contribution < 1.29 is 24.2 Å². The maximum Gasteiger partial charge on any atom is 0.428 e. The van der Waals surface area contributed by atoms with Crippen LogP contribution in [0.25, 0.3) is 0 Å². The molecule has 0 unspecified atom stereocenters. The monoisotopic (exact) mass is 388 g/mol. The number of fused-ring (bicyclic) bond motifs is 1. The first-order valence-electron chi connectivity index (χ1n) is 8.08. The minimum absolute atomic E-state index is 0.0299. The topological polar surface area (TPSA) is 97.2 Å². The quantitative estimate of drug-likeness (QED) is 0.619. The molecule has 0 aliphatic heterocycles. The van der Waals surface area contributed by atoms with Crippen molar-refractivity contribution in [2.45, 2.75) is 18.6 Å². The number of amides is 1. The Labute approximate surface area is 160 Å². The van der Waals surface area contributed by atoms with Crippen LogP contribution in [-0.2, 0) is 27.3 Å². The molecular weight excluding hydrogens is 372 g/mol. The number of hydrogen-bond donors (Lipinski definition) is 2. The van der Waals surface area contributed by atoms with Gasteiger partial charge in [0, 0.05) is 17.0 Å². The molecule has 0 saturated carbocycles. The van der Waals surface area contributed by atoms with E-state index in [2.05, 4.69) is 10.5 Å². The standard InChI is InChI=1S/C19H17ClN2O5/c1-26-17(23)19(25)10-13-9-14(20)7-8-15(13)16(19)21-22-18(24)27-11-12-5-3-2-4-6-12/h2-9,25H,10-11H2,1H3,(H,22,24)/b21-16-/t19-/m0/s1. The summed E-state index contributed by atoms with van der Waals surface area (Å²) in [4.78, 5) is 24.1. The number of nitrogens with one attached hydrogen (secondary N) is 1. The highest BCUT2D eigenvalue weighted by Crippen LogP contribution is 2.33. The number of nitrogens with zero attached hydrogens (tertiary/aromatic N) is 1. The number of carbonyl (C=O) groups is 2. The number of hydrogen-bond acceptors (Lipinski definition) is 6. The third-order valence-electron chi connectivity index (χ3n) is 4.16. The minimum Gasteiger partial charge on any atom is -0.467 e. The minimum atomic E-state index is -2.02. The zero-order valence-corrected chi connectivity index (χ0v) is 15.2. The van der Waals surface area contributed by atoms with Gasteiger partial charge in [0.2, 0.25) is 5.60 Å². The largest absolute Gasteiger partial charge is 0.467 e. The Morgan fingerprint density at radius 3 is 2.70 bits per heavy atom. The third-order valence-corrected chi connectivity index (χ3v) is 4.39. The van der Waals surface area contributed by atoms with Crippen LogP contribution in [0, 0.1) is 0 Å². The molecule has 0 fully saturated rings. The number of esters is 1. The first kappa shape index (κ1) is 18.9. The maximum atomic E-state index is 12.1. The fourth-order valence-electron chi connectivity index (χ4n) is 2.87. The molecule has 2 aromatic rings. The number of methoxy groups -OCH3 is 1. The highest BCUT2D eigenvalue weighted by atomic mass is 35.5.